The molecule has 0 saturated heterocycles. The molecule has 0 aliphatic carbocycles. The second kappa shape index (κ2) is 3.70. The van der Waals surface area contributed by atoms with Gasteiger partial charge in [0.25, 0.3) is 0 Å². The third kappa shape index (κ3) is 1.43. The number of hydrogen-bond donors (Lipinski definition) is 1. The highest BCUT2D eigenvalue weighted by Gasteiger charge is 2.10. The van der Waals surface area contributed by atoms with Crippen molar-refractivity contribution in [2.75, 3.05) is 14.2 Å². The van der Waals surface area contributed by atoms with Crippen LogP contribution in [-0.2, 0) is 0 Å². The summed E-state index contributed by atoms with van der Waals surface area (Å²) >= 11 is 0. The normalized spacial score (nSPS) is 10.9. The zero-order chi connectivity index (χ0) is 11.8. The van der Waals surface area contributed by atoms with Crippen molar-refractivity contribution in [1.82, 2.24) is 4.98 Å². The van der Waals surface area contributed by atoms with E-state index in [0.29, 0.717) is 0 Å². The van der Waals surface area contributed by atoms with Gasteiger partial charge in [0, 0.05) is 22.4 Å². The summed E-state index contributed by atoms with van der Waals surface area (Å²) in [5, 5.41) is 2.30. The summed E-state index contributed by atoms with van der Waals surface area (Å²) < 4.78 is 10.7. The number of aromatic nitrogens is 1. The second-order valence-electron chi connectivity index (χ2n) is 3.92. The van der Waals surface area contributed by atoms with Crippen LogP contribution in [0.15, 0.2) is 36.4 Å². The molecule has 0 bridgehead atoms. The van der Waals surface area contributed by atoms with E-state index < -0.39 is 0 Å². The minimum Gasteiger partial charge on any atom is -0.497 e. The van der Waals surface area contributed by atoms with E-state index in [1.807, 2.05) is 24.3 Å². The number of aromatic amines is 1. The summed E-state index contributed by atoms with van der Waals surface area (Å²) in [6, 6.07) is 12.1. The zero-order valence-electron chi connectivity index (χ0n) is 9.78. The van der Waals surface area contributed by atoms with Crippen molar-refractivity contribution in [3.8, 4) is 11.5 Å². The van der Waals surface area contributed by atoms with E-state index in [2.05, 4.69) is 17.1 Å². The molecule has 3 nitrogen and oxygen atoms in total. The first-order chi connectivity index (χ1) is 8.33. The molecule has 0 amide bonds. The van der Waals surface area contributed by atoms with E-state index in [4.69, 9.17) is 9.47 Å². The first-order valence-corrected chi connectivity index (χ1v) is 5.46. The van der Waals surface area contributed by atoms with Crippen molar-refractivity contribution in [2.24, 2.45) is 0 Å². The van der Waals surface area contributed by atoms with E-state index in [1.54, 1.807) is 14.2 Å². The summed E-state index contributed by atoms with van der Waals surface area (Å²) in [6.07, 6.45) is 0. The SMILES string of the molecule is COc1cc(OC)c2[nH]c3ccccc3c2c1. The predicted octanol–water partition coefficient (Wildman–Crippen LogP) is 3.34. The molecule has 0 radical (unpaired) electrons. The highest BCUT2D eigenvalue weighted by molar-refractivity contribution is 6.09. The average molecular weight is 227 g/mol. The molecular weight excluding hydrogens is 214 g/mol. The molecule has 0 saturated carbocycles. The van der Waals surface area contributed by atoms with Crippen molar-refractivity contribution < 1.29 is 9.47 Å². The lowest BCUT2D eigenvalue weighted by atomic mass is 10.1. The number of fused-ring (bicyclic) bond motifs is 3. The van der Waals surface area contributed by atoms with Crippen molar-refractivity contribution in [3.63, 3.8) is 0 Å². The van der Waals surface area contributed by atoms with Gasteiger partial charge < -0.3 is 14.5 Å². The molecule has 3 rings (SSSR count). The Morgan fingerprint density at radius 1 is 0.941 bits per heavy atom. The van der Waals surface area contributed by atoms with Gasteiger partial charge in [-0.05, 0) is 12.1 Å². The Morgan fingerprint density at radius 2 is 1.76 bits per heavy atom. The molecule has 0 spiro atoms. The van der Waals surface area contributed by atoms with Gasteiger partial charge in [0.1, 0.15) is 11.5 Å². The maximum Gasteiger partial charge on any atom is 0.146 e. The van der Waals surface area contributed by atoms with E-state index >= 15 is 0 Å². The van der Waals surface area contributed by atoms with Crippen LogP contribution in [0, 0.1) is 0 Å². The molecule has 1 N–H and O–H groups in total. The largest absolute Gasteiger partial charge is 0.497 e. The molecule has 1 aromatic heterocycles. The average Bonchev–Trinajstić information content (AvgIpc) is 2.76. The third-order valence-corrected chi connectivity index (χ3v) is 3.01. The van der Waals surface area contributed by atoms with Crippen LogP contribution in [0.25, 0.3) is 21.8 Å². The predicted molar refractivity (Wildman–Crippen MR) is 68.9 cm³/mol. The molecule has 0 atom stereocenters. The van der Waals surface area contributed by atoms with Gasteiger partial charge in [-0.25, -0.2) is 0 Å². The first-order valence-electron chi connectivity index (χ1n) is 5.46. The smallest absolute Gasteiger partial charge is 0.146 e. The summed E-state index contributed by atoms with van der Waals surface area (Å²) in [6.45, 7) is 0. The summed E-state index contributed by atoms with van der Waals surface area (Å²) in [5.41, 5.74) is 2.11. The fraction of sp³-hybridized carbons (Fsp3) is 0.143. The van der Waals surface area contributed by atoms with Crippen LogP contribution in [0.2, 0.25) is 0 Å². The quantitative estimate of drug-likeness (QED) is 0.728. The van der Waals surface area contributed by atoms with Crippen molar-refractivity contribution in [2.45, 2.75) is 0 Å². The monoisotopic (exact) mass is 227 g/mol. The lowest BCUT2D eigenvalue weighted by Gasteiger charge is -2.05. The Morgan fingerprint density at radius 3 is 2.53 bits per heavy atom. The van der Waals surface area contributed by atoms with E-state index in [1.165, 1.54) is 5.39 Å². The maximum absolute atomic E-state index is 5.39. The highest BCUT2D eigenvalue weighted by Crippen LogP contribution is 2.35. The number of H-pyrrole nitrogens is 1. The highest BCUT2D eigenvalue weighted by atomic mass is 16.5. The topological polar surface area (TPSA) is 34.2 Å². The molecule has 3 aromatic rings. The molecule has 1 heterocycles. The molecular formula is C14H13NO2. The van der Waals surface area contributed by atoms with Crippen molar-refractivity contribution in [3.05, 3.63) is 36.4 Å². The van der Waals surface area contributed by atoms with Crippen molar-refractivity contribution >= 4 is 21.8 Å². The number of para-hydroxylation sites is 1. The Balaban J connectivity index is 2.47. The number of ether oxygens (including phenoxy) is 2. The fourth-order valence-corrected chi connectivity index (χ4v) is 2.17. The lowest BCUT2D eigenvalue weighted by Crippen LogP contribution is -1.87. The fourth-order valence-electron chi connectivity index (χ4n) is 2.17. The minimum absolute atomic E-state index is 0.801. The van der Waals surface area contributed by atoms with Gasteiger partial charge in [0.15, 0.2) is 0 Å². The van der Waals surface area contributed by atoms with Crippen LogP contribution in [0.5, 0.6) is 11.5 Å². The lowest BCUT2D eigenvalue weighted by molar-refractivity contribution is 0.397. The molecule has 3 heteroatoms. The van der Waals surface area contributed by atoms with E-state index in [9.17, 15) is 0 Å². The van der Waals surface area contributed by atoms with E-state index in [-0.39, 0.29) is 0 Å². The van der Waals surface area contributed by atoms with Gasteiger partial charge in [0.2, 0.25) is 0 Å². The molecule has 0 fully saturated rings. The first kappa shape index (κ1) is 10.0. The Labute approximate surface area is 99.0 Å². The van der Waals surface area contributed by atoms with Crippen molar-refractivity contribution in [1.29, 1.82) is 0 Å². The van der Waals surface area contributed by atoms with Crippen LogP contribution in [0.3, 0.4) is 0 Å². The van der Waals surface area contributed by atoms with Gasteiger partial charge in [-0.3, -0.25) is 0 Å². The summed E-state index contributed by atoms with van der Waals surface area (Å²) in [4.78, 5) is 3.37. The molecule has 86 valence electrons. The maximum atomic E-state index is 5.39. The number of benzene rings is 2. The van der Waals surface area contributed by atoms with Gasteiger partial charge >= 0.3 is 0 Å². The van der Waals surface area contributed by atoms with Gasteiger partial charge in [-0.15, -0.1) is 0 Å². The van der Waals surface area contributed by atoms with Crippen LogP contribution in [-0.4, -0.2) is 19.2 Å². The molecule has 2 aromatic carbocycles. The Kier molecular flexibility index (Phi) is 2.18. The molecule has 0 aliphatic heterocycles. The third-order valence-electron chi connectivity index (χ3n) is 3.01. The van der Waals surface area contributed by atoms with Crippen LogP contribution >= 0.6 is 0 Å². The van der Waals surface area contributed by atoms with Gasteiger partial charge in [0.05, 0.1) is 19.7 Å². The number of nitrogens with one attached hydrogen (secondary N) is 1. The van der Waals surface area contributed by atoms with Crippen LogP contribution < -0.4 is 9.47 Å². The van der Waals surface area contributed by atoms with Gasteiger partial charge in [-0.1, -0.05) is 18.2 Å². The van der Waals surface area contributed by atoms with E-state index in [0.717, 1.165) is 27.9 Å². The zero-order valence-corrected chi connectivity index (χ0v) is 9.78. The molecule has 0 aliphatic rings. The van der Waals surface area contributed by atoms with Crippen LogP contribution in [0.4, 0.5) is 0 Å². The Bertz CT molecular complexity index is 685. The molecule has 0 unspecified atom stereocenters. The molecule has 17 heavy (non-hydrogen) atoms. The standard InChI is InChI=1S/C14H13NO2/c1-16-9-7-11-10-5-3-4-6-12(10)15-14(11)13(8-9)17-2/h3-8,15H,1-2H3. The number of rotatable bonds is 2. The summed E-state index contributed by atoms with van der Waals surface area (Å²) in [7, 11) is 3.33. The number of hydrogen-bond acceptors (Lipinski definition) is 2. The second-order valence-corrected chi connectivity index (χ2v) is 3.92. The number of methoxy groups -OCH3 is 2. The summed E-state index contributed by atoms with van der Waals surface area (Å²) in [5.74, 6) is 1.61. The van der Waals surface area contributed by atoms with Crippen LogP contribution in [0.1, 0.15) is 0 Å². The Hall–Kier alpha value is -2.16. The minimum atomic E-state index is 0.801. The van der Waals surface area contributed by atoms with Gasteiger partial charge in [-0.2, -0.15) is 0 Å².